The van der Waals surface area contributed by atoms with Gasteiger partial charge in [-0.2, -0.15) is 0 Å². The molecule has 0 aromatic carbocycles. The van der Waals surface area contributed by atoms with Crippen molar-refractivity contribution in [2.45, 2.75) is 38.3 Å². The summed E-state index contributed by atoms with van der Waals surface area (Å²) in [6.45, 7) is 1.63. The van der Waals surface area contributed by atoms with Crippen molar-refractivity contribution in [1.82, 2.24) is 19.9 Å². The predicted molar refractivity (Wildman–Crippen MR) is 82.3 cm³/mol. The number of carbonyl (C=O) groups is 2. The maximum absolute atomic E-state index is 12.5. The number of pyridine rings is 1. The fraction of sp³-hybridized carbons (Fsp3) is 0.375. The quantitative estimate of drug-likeness (QED) is 0.897. The van der Waals surface area contributed by atoms with Crippen molar-refractivity contribution < 1.29 is 14.7 Å². The molecule has 2 aromatic heterocycles. The van der Waals surface area contributed by atoms with Crippen molar-refractivity contribution in [2.24, 2.45) is 0 Å². The third-order valence-corrected chi connectivity index (χ3v) is 4.39. The number of aromatic carboxylic acids is 1. The molecule has 120 valence electrons. The number of rotatable bonds is 4. The molecule has 1 amide bonds. The van der Waals surface area contributed by atoms with Gasteiger partial charge in [0.25, 0.3) is 5.91 Å². The van der Waals surface area contributed by atoms with Gasteiger partial charge < -0.3 is 15.0 Å². The molecule has 1 fully saturated rings. The van der Waals surface area contributed by atoms with E-state index in [-0.39, 0.29) is 23.6 Å². The number of amides is 1. The van der Waals surface area contributed by atoms with E-state index >= 15 is 0 Å². The van der Waals surface area contributed by atoms with E-state index in [1.165, 1.54) is 12.4 Å². The summed E-state index contributed by atoms with van der Waals surface area (Å²) in [5.74, 6) is -1.36. The number of carboxylic acid groups (broad SMARTS) is 1. The zero-order valence-electron chi connectivity index (χ0n) is 12.8. The van der Waals surface area contributed by atoms with E-state index in [4.69, 9.17) is 5.11 Å². The van der Waals surface area contributed by atoms with Crippen LogP contribution in [0.1, 0.15) is 51.6 Å². The van der Waals surface area contributed by atoms with E-state index in [1.807, 2.05) is 10.8 Å². The van der Waals surface area contributed by atoms with Gasteiger partial charge in [-0.05, 0) is 31.7 Å². The van der Waals surface area contributed by atoms with Crippen molar-refractivity contribution in [1.29, 1.82) is 0 Å². The molecule has 0 saturated heterocycles. The maximum atomic E-state index is 12.5. The number of carboxylic acids is 1. The Labute approximate surface area is 133 Å². The van der Waals surface area contributed by atoms with Gasteiger partial charge in [-0.1, -0.05) is 0 Å². The lowest BCUT2D eigenvalue weighted by molar-refractivity contribution is 0.0695. The van der Waals surface area contributed by atoms with Crippen LogP contribution in [0.4, 0.5) is 0 Å². The lowest BCUT2D eigenvalue weighted by Gasteiger charge is -2.22. The van der Waals surface area contributed by atoms with E-state index in [0.717, 1.165) is 19.3 Å². The second-order valence-corrected chi connectivity index (χ2v) is 5.75. The van der Waals surface area contributed by atoms with E-state index in [9.17, 15) is 9.59 Å². The number of nitrogens with one attached hydrogen (secondary N) is 1. The molecule has 2 N–H and O–H groups in total. The number of aromatic nitrogens is 3. The Balaban J connectivity index is 1.79. The van der Waals surface area contributed by atoms with Crippen LogP contribution in [0.15, 0.2) is 31.1 Å². The standard InChI is InChI=1S/C16H18N4O3/c1-10-11(7-18-8-12(10)16(22)23)15(21)19-13-3-2-4-14(13)20-6-5-17-9-20/h5-9,13-14H,2-4H2,1H3,(H,19,21)(H,22,23)/t13-,14+/m1/s1. The van der Waals surface area contributed by atoms with Crippen LogP contribution in [-0.4, -0.2) is 37.6 Å². The summed E-state index contributed by atoms with van der Waals surface area (Å²) in [5, 5.41) is 12.2. The lowest BCUT2D eigenvalue weighted by atomic mass is 10.0. The molecule has 23 heavy (non-hydrogen) atoms. The summed E-state index contributed by atoms with van der Waals surface area (Å²) >= 11 is 0. The SMILES string of the molecule is Cc1c(C(=O)O)cncc1C(=O)N[C@@H]1CCC[C@@H]1n1ccnc1. The molecule has 2 atom stereocenters. The van der Waals surface area contributed by atoms with Crippen molar-refractivity contribution in [3.05, 3.63) is 47.8 Å². The topological polar surface area (TPSA) is 97.1 Å². The minimum Gasteiger partial charge on any atom is -0.478 e. The van der Waals surface area contributed by atoms with Crippen molar-refractivity contribution in [2.75, 3.05) is 0 Å². The highest BCUT2D eigenvalue weighted by Crippen LogP contribution is 2.30. The molecule has 2 aromatic rings. The first-order valence-corrected chi connectivity index (χ1v) is 7.54. The van der Waals surface area contributed by atoms with E-state index < -0.39 is 5.97 Å². The number of hydrogen-bond donors (Lipinski definition) is 2. The van der Waals surface area contributed by atoms with Crippen molar-refractivity contribution >= 4 is 11.9 Å². The van der Waals surface area contributed by atoms with Gasteiger partial charge in [0.1, 0.15) is 0 Å². The molecule has 1 aliphatic carbocycles. The highest BCUT2D eigenvalue weighted by Gasteiger charge is 2.30. The lowest BCUT2D eigenvalue weighted by Crippen LogP contribution is -2.38. The Kier molecular flexibility index (Phi) is 4.10. The zero-order chi connectivity index (χ0) is 16.4. The third-order valence-electron chi connectivity index (χ3n) is 4.39. The minimum absolute atomic E-state index is 0.00424. The van der Waals surface area contributed by atoms with Crippen LogP contribution in [-0.2, 0) is 0 Å². The largest absolute Gasteiger partial charge is 0.478 e. The van der Waals surface area contributed by atoms with Crippen LogP contribution in [0, 0.1) is 6.92 Å². The van der Waals surface area contributed by atoms with Gasteiger partial charge >= 0.3 is 5.97 Å². The highest BCUT2D eigenvalue weighted by atomic mass is 16.4. The maximum Gasteiger partial charge on any atom is 0.337 e. The Morgan fingerprint density at radius 1 is 1.26 bits per heavy atom. The van der Waals surface area contributed by atoms with E-state index in [0.29, 0.717) is 11.1 Å². The average Bonchev–Trinajstić information content (AvgIpc) is 3.17. The first-order chi connectivity index (χ1) is 11.1. The molecule has 0 unspecified atom stereocenters. The van der Waals surface area contributed by atoms with Gasteiger partial charge in [0.05, 0.1) is 23.5 Å². The van der Waals surface area contributed by atoms with E-state index in [1.54, 1.807) is 19.4 Å². The monoisotopic (exact) mass is 314 g/mol. The normalized spacial score (nSPS) is 20.4. The second-order valence-electron chi connectivity index (χ2n) is 5.75. The molecule has 1 aliphatic rings. The zero-order valence-corrected chi connectivity index (χ0v) is 12.8. The van der Waals surface area contributed by atoms with Gasteiger partial charge in [0, 0.05) is 30.8 Å². The van der Waals surface area contributed by atoms with Gasteiger partial charge in [-0.15, -0.1) is 0 Å². The van der Waals surface area contributed by atoms with Crippen LogP contribution in [0.2, 0.25) is 0 Å². The molecule has 7 nitrogen and oxygen atoms in total. The Morgan fingerprint density at radius 3 is 2.74 bits per heavy atom. The second kappa shape index (κ2) is 6.20. The van der Waals surface area contributed by atoms with E-state index in [2.05, 4.69) is 15.3 Å². The molecule has 2 heterocycles. The summed E-state index contributed by atoms with van der Waals surface area (Å²) in [7, 11) is 0. The van der Waals surface area contributed by atoms with Crippen molar-refractivity contribution in [3.63, 3.8) is 0 Å². The average molecular weight is 314 g/mol. The summed E-state index contributed by atoms with van der Waals surface area (Å²) < 4.78 is 2.01. The van der Waals surface area contributed by atoms with Gasteiger partial charge in [0.15, 0.2) is 0 Å². The highest BCUT2D eigenvalue weighted by molar-refractivity contribution is 5.99. The summed E-state index contributed by atoms with van der Waals surface area (Å²) in [6.07, 6.45) is 11.0. The first-order valence-electron chi connectivity index (χ1n) is 7.54. The van der Waals surface area contributed by atoms with Crippen LogP contribution >= 0.6 is 0 Å². The molecule has 1 saturated carbocycles. The summed E-state index contributed by atoms with van der Waals surface area (Å²) in [4.78, 5) is 31.6. The minimum atomic E-state index is -1.08. The molecular formula is C16H18N4O3. The molecular weight excluding hydrogens is 296 g/mol. The van der Waals surface area contributed by atoms with Gasteiger partial charge in [-0.25, -0.2) is 9.78 Å². The third kappa shape index (κ3) is 2.94. The fourth-order valence-corrected chi connectivity index (χ4v) is 3.15. The van der Waals surface area contributed by atoms with Crippen LogP contribution in [0.25, 0.3) is 0 Å². The van der Waals surface area contributed by atoms with Crippen LogP contribution in [0.3, 0.4) is 0 Å². The van der Waals surface area contributed by atoms with Gasteiger partial charge in [-0.3, -0.25) is 9.78 Å². The number of imidazole rings is 1. The van der Waals surface area contributed by atoms with Gasteiger partial charge in [0.2, 0.25) is 0 Å². The Bertz CT molecular complexity index is 727. The number of carbonyl (C=O) groups excluding carboxylic acids is 1. The Morgan fingerprint density at radius 2 is 2.04 bits per heavy atom. The Hall–Kier alpha value is -2.70. The van der Waals surface area contributed by atoms with Crippen LogP contribution in [0.5, 0.6) is 0 Å². The smallest absolute Gasteiger partial charge is 0.337 e. The molecule has 0 bridgehead atoms. The predicted octanol–water partition coefficient (Wildman–Crippen LogP) is 1.81. The van der Waals surface area contributed by atoms with Crippen LogP contribution < -0.4 is 5.32 Å². The molecule has 7 heteroatoms. The number of nitrogens with zero attached hydrogens (tertiary/aromatic N) is 3. The first kappa shape index (κ1) is 15.2. The summed E-state index contributed by atoms with van der Waals surface area (Å²) in [6, 6.07) is 0.182. The molecule has 3 rings (SSSR count). The molecule has 0 spiro atoms. The fourth-order valence-electron chi connectivity index (χ4n) is 3.15. The number of hydrogen-bond acceptors (Lipinski definition) is 4. The van der Waals surface area contributed by atoms with Crippen molar-refractivity contribution in [3.8, 4) is 0 Å². The molecule has 0 aliphatic heterocycles. The summed E-state index contributed by atoms with van der Waals surface area (Å²) in [5.41, 5.74) is 0.790. The molecule has 0 radical (unpaired) electrons.